The largest absolute Gasteiger partial charge is 0.357 e. The Kier molecular flexibility index (Phi) is 3.59. The molecule has 0 atom stereocenters. The molecule has 0 saturated carbocycles. The van der Waals surface area contributed by atoms with Crippen molar-refractivity contribution in [3.63, 3.8) is 0 Å². The fourth-order valence-electron chi connectivity index (χ4n) is 0.234. The molecule has 0 aromatic rings. The highest BCUT2D eigenvalue weighted by Crippen LogP contribution is 1.88. The summed E-state index contributed by atoms with van der Waals surface area (Å²) in [5.74, 6) is 0.608. The van der Waals surface area contributed by atoms with Crippen molar-refractivity contribution in [3.05, 3.63) is 5.92 Å². The van der Waals surface area contributed by atoms with E-state index >= 15 is 0 Å². The smallest absolute Gasteiger partial charge is 0.207 e. The van der Waals surface area contributed by atoms with Gasteiger partial charge in [-0.2, -0.15) is 5.26 Å². The van der Waals surface area contributed by atoms with Crippen LogP contribution < -0.4 is 5.32 Å². The van der Waals surface area contributed by atoms with Gasteiger partial charge in [0.2, 0.25) is 6.41 Å². The maximum atomic E-state index is 9.59. The molecule has 0 aliphatic carbocycles. The Morgan fingerprint density at radius 1 is 2.00 bits per heavy atom. The Hall–Kier alpha value is -1.04. The molecule has 43 valence electrons. The van der Waals surface area contributed by atoms with Gasteiger partial charge in [-0.15, -0.1) is 0 Å². The van der Waals surface area contributed by atoms with E-state index < -0.39 is 0 Å². The van der Waals surface area contributed by atoms with E-state index in [9.17, 15) is 4.79 Å². The molecule has 1 amide bonds. The number of carbonyl (C=O) groups is 1. The van der Waals surface area contributed by atoms with Gasteiger partial charge in [-0.3, -0.25) is 4.79 Å². The lowest BCUT2D eigenvalue weighted by Gasteiger charge is -1.95. The van der Waals surface area contributed by atoms with Crippen LogP contribution in [0.25, 0.3) is 0 Å². The fraction of sp³-hybridized carbons (Fsp3) is 0.400. The van der Waals surface area contributed by atoms with Crippen LogP contribution in [0.5, 0.6) is 0 Å². The first-order valence-electron chi connectivity index (χ1n) is 2.21. The van der Waals surface area contributed by atoms with Crippen LogP contribution in [-0.2, 0) is 4.79 Å². The molecule has 0 heterocycles. The molecule has 0 aromatic heterocycles. The number of rotatable bonds is 3. The van der Waals surface area contributed by atoms with E-state index in [4.69, 9.17) is 5.26 Å². The molecular weight excluding hydrogens is 104 g/mol. The van der Waals surface area contributed by atoms with Crippen molar-refractivity contribution in [1.29, 1.82) is 5.26 Å². The number of nitrogens with zero attached hydrogens (tertiary/aromatic N) is 1. The van der Waals surface area contributed by atoms with Crippen molar-refractivity contribution < 1.29 is 4.79 Å². The summed E-state index contributed by atoms with van der Waals surface area (Å²) < 4.78 is 0. The third-order valence-corrected chi connectivity index (χ3v) is 0.641. The molecule has 0 aromatic carbocycles. The van der Waals surface area contributed by atoms with Crippen LogP contribution in [0.1, 0.15) is 6.92 Å². The van der Waals surface area contributed by atoms with Gasteiger partial charge in [0, 0.05) is 6.54 Å². The first-order valence-corrected chi connectivity index (χ1v) is 2.21. The van der Waals surface area contributed by atoms with Gasteiger partial charge in [0.1, 0.15) is 0 Å². The highest BCUT2D eigenvalue weighted by molar-refractivity contribution is 5.46. The van der Waals surface area contributed by atoms with Gasteiger partial charge in [0.15, 0.2) is 0 Å². The van der Waals surface area contributed by atoms with Crippen LogP contribution in [0, 0.1) is 17.2 Å². The Labute approximate surface area is 48.3 Å². The van der Waals surface area contributed by atoms with Gasteiger partial charge in [-0.05, 0) is 6.92 Å². The maximum absolute atomic E-state index is 9.59. The predicted molar refractivity (Wildman–Crippen MR) is 28.6 cm³/mol. The van der Waals surface area contributed by atoms with Crippen LogP contribution in [0.15, 0.2) is 0 Å². The number of nitrogens with one attached hydrogen (secondary N) is 1. The molecule has 8 heavy (non-hydrogen) atoms. The van der Waals surface area contributed by atoms with E-state index in [0.29, 0.717) is 18.9 Å². The van der Waals surface area contributed by atoms with E-state index in [0.717, 1.165) is 0 Å². The highest BCUT2D eigenvalue weighted by Gasteiger charge is 1.95. The Morgan fingerprint density at radius 2 is 2.62 bits per heavy atom. The van der Waals surface area contributed by atoms with Gasteiger partial charge in [-0.1, -0.05) is 0 Å². The average Bonchev–Trinajstić information content (AvgIpc) is 1.83. The number of amides is 1. The fourth-order valence-corrected chi connectivity index (χ4v) is 0.234. The number of hydrogen-bond acceptors (Lipinski definition) is 2. The topological polar surface area (TPSA) is 52.9 Å². The van der Waals surface area contributed by atoms with Gasteiger partial charge >= 0.3 is 0 Å². The zero-order chi connectivity index (χ0) is 6.41. The summed E-state index contributed by atoms with van der Waals surface area (Å²) in [6.07, 6.45) is 0.570. The molecule has 1 N–H and O–H groups in total. The number of hydrogen-bond donors (Lipinski definition) is 1. The predicted octanol–water partition coefficient (Wildman–Crippen LogP) is -0.150. The summed E-state index contributed by atoms with van der Waals surface area (Å²) in [5, 5.41) is 10.5. The second kappa shape index (κ2) is 4.13. The second-order valence-electron chi connectivity index (χ2n) is 1.39. The quantitative estimate of drug-likeness (QED) is 0.515. The molecule has 0 spiro atoms. The van der Waals surface area contributed by atoms with Crippen molar-refractivity contribution in [2.45, 2.75) is 6.92 Å². The summed E-state index contributed by atoms with van der Waals surface area (Å²) in [6, 6.07) is 1.90. The van der Waals surface area contributed by atoms with Crippen LogP contribution >= 0.6 is 0 Å². The van der Waals surface area contributed by atoms with Crippen molar-refractivity contribution >= 4 is 6.41 Å². The minimum absolute atomic E-state index is 0.361. The molecule has 3 nitrogen and oxygen atoms in total. The maximum Gasteiger partial charge on any atom is 0.207 e. The Balaban J connectivity index is 3.14. The van der Waals surface area contributed by atoms with Crippen molar-refractivity contribution in [2.75, 3.05) is 6.54 Å². The van der Waals surface area contributed by atoms with Gasteiger partial charge in [0.25, 0.3) is 0 Å². The molecule has 1 radical (unpaired) electrons. The second-order valence-corrected chi connectivity index (χ2v) is 1.39. The number of carbonyl (C=O) groups excluding carboxylic acids is 1. The molecule has 0 aliphatic rings. The standard InChI is InChI=1S/C5H7N2O/c1-5(2-6)3-7-4-8/h4H,3H2,1H3,(H,7,8). The molecule has 0 bridgehead atoms. The average molecular weight is 111 g/mol. The third-order valence-electron chi connectivity index (χ3n) is 0.641. The van der Waals surface area contributed by atoms with Crippen LogP contribution in [0.2, 0.25) is 0 Å². The van der Waals surface area contributed by atoms with Crippen molar-refractivity contribution in [3.8, 4) is 6.07 Å². The molecule has 0 saturated heterocycles. The SMILES string of the molecule is C[C](C#N)CNC=O. The number of nitriles is 1. The van der Waals surface area contributed by atoms with Crippen molar-refractivity contribution in [2.24, 2.45) is 0 Å². The zero-order valence-corrected chi connectivity index (χ0v) is 4.64. The minimum Gasteiger partial charge on any atom is -0.357 e. The molecule has 3 heteroatoms. The van der Waals surface area contributed by atoms with Crippen LogP contribution in [0.4, 0.5) is 0 Å². The van der Waals surface area contributed by atoms with Crippen molar-refractivity contribution in [1.82, 2.24) is 5.32 Å². The molecule has 0 rings (SSSR count). The first kappa shape index (κ1) is 6.96. The van der Waals surface area contributed by atoms with E-state index in [1.807, 2.05) is 6.07 Å². The van der Waals surface area contributed by atoms with E-state index in [-0.39, 0.29) is 0 Å². The van der Waals surface area contributed by atoms with E-state index in [1.165, 1.54) is 0 Å². The summed E-state index contributed by atoms with van der Waals surface area (Å²) in [6.45, 7) is 2.02. The van der Waals surface area contributed by atoms with E-state index in [2.05, 4.69) is 5.32 Å². The summed E-state index contributed by atoms with van der Waals surface area (Å²) in [7, 11) is 0. The highest BCUT2D eigenvalue weighted by atomic mass is 16.1. The lowest BCUT2D eigenvalue weighted by Crippen LogP contribution is -2.16. The molecular formula is C5H7N2O. The Morgan fingerprint density at radius 3 is 3.00 bits per heavy atom. The van der Waals surface area contributed by atoms with Gasteiger partial charge in [-0.25, -0.2) is 0 Å². The normalized spacial score (nSPS) is 8.12. The molecule has 0 fully saturated rings. The zero-order valence-electron chi connectivity index (χ0n) is 4.64. The third kappa shape index (κ3) is 3.16. The molecule has 0 aliphatic heterocycles. The molecule has 0 unspecified atom stereocenters. The summed E-state index contributed by atoms with van der Waals surface area (Å²) in [4.78, 5) is 9.59. The lowest BCUT2D eigenvalue weighted by molar-refractivity contribution is -0.109. The Bertz CT molecular complexity index is 105. The first-order chi connectivity index (χ1) is 3.81. The van der Waals surface area contributed by atoms with Gasteiger partial charge in [0.05, 0.1) is 12.0 Å². The van der Waals surface area contributed by atoms with Crippen LogP contribution in [0.3, 0.4) is 0 Å². The monoisotopic (exact) mass is 111 g/mol. The minimum atomic E-state index is 0.361. The summed E-state index contributed by atoms with van der Waals surface area (Å²) >= 11 is 0. The van der Waals surface area contributed by atoms with Crippen LogP contribution in [-0.4, -0.2) is 13.0 Å². The lowest BCUT2D eigenvalue weighted by atomic mass is 10.2. The van der Waals surface area contributed by atoms with Gasteiger partial charge < -0.3 is 5.32 Å². The summed E-state index contributed by atoms with van der Waals surface area (Å²) in [5.41, 5.74) is 0. The van der Waals surface area contributed by atoms with E-state index in [1.54, 1.807) is 6.92 Å².